The number of hydrogen-bond donors (Lipinski definition) is 2. The van der Waals surface area contributed by atoms with E-state index in [1.807, 2.05) is 0 Å². The van der Waals surface area contributed by atoms with Crippen LogP contribution in [0.15, 0.2) is 0 Å². The lowest BCUT2D eigenvalue weighted by Gasteiger charge is -2.11. The van der Waals surface area contributed by atoms with Gasteiger partial charge in [0.2, 0.25) is 5.91 Å². The van der Waals surface area contributed by atoms with Gasteiger partial charge in [-0.25, -0.2) is 0 Å². The van der Waals surface area contributed by atoms with Crippen LogP contribution in [0.25, 0.3) is 0 Å². The Morgan fingerprint density at radius 1 is 0.741 bits per heavy atom. The van der Waals surface area contributed by atoms with Crippen LogP contribution in [-0.2, 0) is 14.9 Å². The molecule has 0 radical (unpaired) electrons. The van der Waals surface area contributed by atoms with Crippen molar-refractivity contribution in [3.05, 3.63) is 0 Å². The Morgan fingerprint density at radius 2 is 1.07 bits per heavy atom. The molecule has 0 aromatic rings. The Hall–Kier alpha value is -0.620. The fourth-order valence-electron chi connectivity index (χ4n) is 3.50. The first-order valence-electron chi connectivity index (χ1n) is 11.1. The highest BCUT2D eigenvalue weighted by Crippen LogP contribution is 2.16. The number of nitrogens with two attached hydrogens (primary N) is 1. The van der Waals surface area contributed by atoms with Crippen molar-refractivity contribution in [1.82, 2.24) is 0 Å². The highest BCUT2D eigenvalue weighted by molar-refractivity contribution is 7.86. The van der Waals surface area contributed by atoms with E-state index in [0.29, 0.717) is 12.8 Å². The minimum atomic E-state index is -4.18. The summed E-state index contributed by atoms with van der Waals surface area (Å²) in [5, 5.41) is -1.04. The Labute approximate surface area is 167 Å². The van der Waals surface area contributed by atoms with Crippen molar-refractivity contribution in [2.24, 2.45) is 5.73 Å². The average Bonchev–Trinajstić information content (AvgIpc) is 2.59. The van der Waals surface area contributed by atoms with E-state index in [9.17, 15) is 13.2 Å². The van der Waals surface area contributed by atoms with Crippen LogP contribution in [0, 0.1) is 0 Å². The van der Waals surface area contributed by atoms with Crippen LogP contribution in [0.1, 0.15) is 122 Å². The first-order valence-corrected chi connectivity index (χ1v) is 12.6. The van der Waals surface area contributed by atoms with Gasteiger partial charge < -0.3 is 5.73 Å². The van der Waals surface area contributed by atoms with Crippen molar-refractivity contribution < 1.29 is 17.8 Å². The molecule has 0 aromatic heterocycles. The molecule has 5 nitrogen and oxygen atoms in total. The van der Waals surface area contributed by atoms with Crippen LogP contribution in [0.2, 0.25) is 0 Å². The Balaban J connectivity index is 3.38. The van der Waals surface area contributed by atoms with Gasteiger partial charge in [0.1, 0.15) is 0 Å². The normalized spacial score (nSPS) is 13.0. The molecule has 0 bridgehead atoms. The third-order valence-electron chi connectivity index (χ3n) is 5.23. The van der Waals surface area contributed by atoms with E-state index in [1.165, 1.54) is 83.5 Å². The fourth-order valence-corrected chi connectivity index (χ4v) is 4.34. The molecular formula is C21H43NO4S. The van der Waals surface area contributed by atoms with Gasteiger partial charge in [0, 0.05) is 6.42 Å². The summed E-state index contributed by atoms with van der Waals surface area (Å²) in [6, 6.07) is 0. The highest BCUT2D eigenvalue weighted by atomic mass is 32.2. The number of carbonyl (C=O) groups is 1. The molecule has 0 aliphatic carbocycles. The molecule has 1 amide bonds. The van der Waals surface area contributed by atoms with Gasteiger partial charge in [-0.15, -0.1) is 0 Å². The van der Waals surface area contributed by atoms with E-state index in [1.54, 1.807) is 0 Å². The van der Waals surface area contributed by atoms with E-state index < -0.39 is 21.3 Å². The van der Waals surface area contributed by atoms with Gasteiger partial charge in [0.15, 0.2) is 0 Å². The maximum Gasteiger partial charge on any atom is 0.268 e. The summed E-state index contributed by atoms with van der Waals surface area (Å²) in [5.74, 6) is -0.686. The minimum Gasteiger partial charge on any atom is -0.370 e. The lowest BCUT2D eigenvalue weighted by Crippen LogP contribution is -2.27. The number of hydrogen-bond acceptors (Lipinski definition) is 3. The van der Waals surface area contributed by atoms with E-state index in [4.69, 9.17) is 10.3 Å². The quantitative estimate of drug-likeness (QED) is 0.198. The summed E-state index contributed by atoms with van der Waals surface area (Å²) >= 11 is 0. The van der Waals surface area contributed by atoms with Crippen molar-refractivity contribution in [2.75, 3.05) is 0 Å². The first kappa shape index (κ1) is 26.4. The molecule has 0 saturated heterocycles. The Kier molecular flexibility index (Phi) is 17.1. The van der Waals surface area contributed by atoms with E-state index in [2.05, 4.69) is 6.92 Å². The average molecular weight is 406 g/mol. The molecule has 162 valence electrons. The first-order chi connectivity index (χ1) is 12.9. The van der Waals surface area contributed by atoms with Gasteiger partial charge in [-0.1, -0.05) is 110 Å². The fraction of sp³-hybridized carbons (Fsp3) is 0.952. The number of carbonyl (C=O) groups excluding carboxylic acids is 1. The van der Waals surface area contributed by atoms with Gasteiger partial charge in [-0.2, -0.15) is 8.42 Å². The number of rotatable bonds is 20. The van der Waals surface area contributed by atoms with E-state index in [0.717, 1.165) is 12.8 Å². The molecule has 0 aromatic carbocycles. The number of primary amides is 1. The van der Waals surface area contributed by atoms with E-state index >= 15 is 0 Å². The molecule has 0 saturated carbocycles. The summed E-state index contributed by atoms with van der Waals surface area (Å²) in [7, 11) is -4.18. The SMILES string of the molecule is CCCCCCCCCCCCCCCCCCC(CC(N)=O)S(=O)(=O)O. The molecule has 0 fully saturated rings. The summed E-state index contributed by atoms with van der Waals surface area (Å²) in [6.07, 6.45) is 20.1. The predicted molar refractivity (Wildman–Crippen MR) is 113 cm³/mol. The Morgan fingerprint density at radius 3 is 1.37 bits per heavy atom. The molecule has 0 aliphatic heterocycles. The topological polar surface area (TPSA) is 97.5 Å². The predicted octanol–water partition coefficient (Wildman–Crippen LogP) is 5.77. The molecule has 27 heavy (non-hydrogen) atoms. The highest BCUT2D eigenvalue weighted by Gasteiger charge is 2.24. The van der Waals surface area contributed by atoms with E-state index in [-0.39, 0.29) is 6.42 Å². The number of amides is 1. The summed E-state index contributed by atoms with van der Waals surface area (Å²) < 4.78 is 31.5. The van der Waals surface area contributed by atoms with Gasteiger partial charge >= 0.3 is 0 Å². The second kappa shape index (κ2) is 17.5. The maximum atomic E-state index is 11.2. The van der Waals surface area contributed by atoms with Crippen LogP contribution in [-0.4, -0.2) is 24.1 Å². The molecule has 1 unspecified atom stereocenters. The smallest absolute Gasteiger partial charge is 0.268 e. The minimum absolute atomic E-state index is 0.294. The van der Waals surface area contributed by atoms with Gasteiger partial charge in [0.25, 0.3) is 10.1 Å². The van der Waals surface area contributed by atoms with Gasteiger partial charge in [-0.3, -0.25) is 9.35 Å². The third-order valence-corrected chi connectivity index (χ3v) is 6.47. The van der Waals surface area contributed by atoms with Crippen LogP contribution in [0.4, 0.5) is 0 Å². The second-order valence-corrected chi connectivity index (χ2v) is 9.60. The molecule has 0 rings (SSSR count). The van der Waals surface area contributed by atoms with Crippen LogP contribution >= 0.6 is 0 Å². The molecule has 1 atom stereocenters. The monoisotopic (exact) mass is 405 g/mol. The zero-order valence-electron chi connectivity index (χ0n) is 17.5. The third kappa shape index (κ3) is 18.5. The molecule has 0 aliphatic rings. The maximum absolute atomic E-state index is 11.2. The van der Waals surface area contributed by atoms with Gasteiger partial charge in [0.05, 0.1) is 5.25 Å². The molecule has 3 N–H and O–H groups in total. The van der Waals surface area contributed by atoms with Crippen molar-refractivity contribution in [3.8, 4) is 0 Å². The van der Waals surface area contributed by atoms with Gasteiger partial charge in [-0.05, 0) is 6.42 Å². The van der Waals surface area contributed by atoms with Crippen LogP contribution in [0.3, 0.4) is 0 Å². The molecule has 0 spiro atoms. The lowest BCUT2D eigenvalue weighted by molar-refractivity contribution is -0.118. The van der Waals surface area contributed by atoms with Crippen molar-refractivity contribution in [1.29, 1.82) is 0 Å². The summed E-state index contributed by atoms with van der Waals surface area (Å²) in [4.78, 5) is 10.9. The van der Waals surface area contributed by atoms with Crippen molar-refractivity contribution >= 4 is 16.0 Å². The molecule has 6 heteroatoms. The lowest BCUT2D eigenvalue weighted by atomic mass is 10.0. The van der Waals surface area contributed by atoms with Crippen LogP contribution < -0.4 is 5.73 Å². The standard InChI is InChI=1S/C21H43NO4S/c1-2-3-4-5-6-7-8-9-10-11-12-13-14-15-16-17-18-20(19-21(22)23)27(24,25)26/h20H,2-19H2,1H3,(H2,22,23)(H,24,25,26). The Bertz CT molecular complexity index is 451. The van der Waals surface area contributed by atoms with Crippen molar-refractivity contribution in [2.45, 2.75) is 128 Å². The zero-order valence-corrected chi connectivity index (χ0v) is 18.3. The summed E-state index contributed by atoms with van der Waals surface area (Å²) in [6.45, 7) is 2.26. The summed E-state index contributed by atoms with van der Waals surface area (Å²) in [5.41, 5.74) is 5.04. The van der Waals surface area contributed by atoms with Crippen molar-refractivity contribution in [3.63, 3.8) is 0 Å². The molecular weight excluding hydrogens is 362 g/mol. The zero-order chi connectivity index (χ0) is 20.4. The largest absolute Gasteiger partial charge is 0.370 e. The second-order valence-electron chi connectivity index (χ2n) is 7.90. The van der Waals surface area contributed by atoms with Crippen LogP contribution in [0.5, 0.6) is 0 Å². The molecule has 0 heterocycles. The number of unbranched alkanes of at least 4 members (excludes halogenated alkanes) is 15.